The number of halogens is 1. The Bertz CT molecular complexity index is 589. The number of piperidine rings is 1. The van der Waals surface area contributed by atoms with Crippen LogP contribution in [0.25, 0.3) is 0 Å². The summed E-state index contributed by atoms with van der Waals surface area (Å²) in [6.07, 6.45) is 1.37. The van der Waals surface area contributed by atoms with Gasteiger partial charge in [0, 0.05) is 29.5 Å². The van der Waals surface area contributed by atoms with Crippen LogP contribution >= 0.6 is 15.9 Å². The zero-order valence-electron chi connectivity index (χ0n) is 13.5. The number of hydrogen-bond acceptors (Lipinski definition) is 2. The lowest BCUT2D eigenvalue weighted by Crippen LogP contribution is -2.49. The molecule has 1 aliphatic heterocycles. The van der Waals surface area contributed by atoms with E-state index in [4.69, 9.17) is 5.11 Å². The average molecular weight is 383 g/mol. The van der Waals surface area contributed by atoms with E-state index in [1.807, 2.05) is 24.3 Å². The Hall–Kier alpha value is -1.56. The van der Waals surface area contributed by atoms with Gasteiger partial charge in [0.25, 0.3) is 0 Å². The van der Waals surface area contributed by atoms with Gasteiger partial charge in [-0.1, -0.05) is 48.0 Å². The second-order valence-electron chi connectivity index (χ2n) is 6.65. The van der Waals surface area contributed by atoms with Crippen molar-refractivity contribution >= 4 is 27.9 Å². The second-order valence-corrected chi connectivity index (χ2v) is 7.50. The standard InChI is InChI=1S/C17H23BrN2O3/c1-17(2,13-7-3-4-8-14(13)18)11-19-16(23)20-9-5-6-12(10-20)15(21)22/h3-4,7-8,12H,5-6,9-11H2,1-2H3,(H,19,23)(H,21,22). The van der Waals surface area contributed by atoms with Crippen molar-refractivity contribution in [1.29, 1.82) is 0 Å². The summed E-state index contributed by atoms with van der Waals surface area (Å²) in [4.78, 5) is 25.0. The molecule has 1 atom stereocenters. The molecule has 2 N–H and O–H groups in total. The molecule has 126 valence electrons. The number of nitrogens with zero attached hydrogens (tertiary/aromatic N) is 1. The lowest BCUT2D eigenvalue weighted by Gasteiger charge is -2.33. The first-order chi connectivity index (χ1) is 10.8. The van der Waals surface area contributed by atoms with Crippen LogP contribution in [-0.4, -0.2) is 41.6 Å². The van der Waals surface area contributed by atoms with Crippen LogP contribution in [0.4, 0.5) is 4.79 Å². The third kappa shape index (κ3) is 4.47. The Kier molecular flexibility index (Phi) is 5.68. The lowest BCUT2D eigenvalue weighted by atomic mass is 9.84. The number of carboxylic acid groups (broad SMARTS) is 1. The molecular weight excluding hydrogens is 360 g/mol. The van der Waals surface area contributed by atoms with Crippen molar-refractivity contribution in [3.05, 3.63) is 34.3 Å². The minimum atomic E-state index is -0.823. The number of carbonyl (C=O) groups is 2. The maximum absolute atomic E-state index is 12.3. The molecule has 1 aromatic rings. The van der Waals surface area contributed by atoms with E-state index in [0.717, 1.165) is 16.5 Å². The number of rotatable bonds is 4. The number of benzene rings is 1. The molecule has 0 bridgehead atoms. The molecule has 0 aliphatic carbocycles. The molecule has 0 spiro atoms. The number of amides is 2. The van der Waals surface area contributed by atoms with Gasteiger partial charge in [-0.25, -0.2) is 4.79 Å². The number of aliphatic carboxylic acids is 1. The number of carboxylic acids is 1. The van der Waals surface area contributed by atoms with Crippen LogP contribution in [0.3, 0.4) is 0 Å². The number of urea groups is 1. The quantitative estimate of drug-likeness (QED) is 0.839. The zero-order valence-corrected chi connectivity index (χ0v) is 15.1. The average Bonchev–Trinajstić information content (AvgIpc) is 2.53. The van der Waals surface area contributed by atoms with E-state index in [-0.39, 0.29) is 18.0 Å². The Labute approximate surface area is 145 Å². The minimum Gasteiger partial charge on any atom is -0.481 e. The van der Waals surface area contributed by atoms with Crippen LogP contribution in [-0.2, 0) is 10.2 Å². The molecule has 1 aromatic carbocycles. The molecule has 5 nitrogen and oxygen atoms in total. The molecule has 1 fully saturated rings. The van der Waals surface area contributed by atoms with Crippen molar-refractivity contribution < 1.29 is 14.7 Å². The van der Waals surface area contributed by atoms with Crippen LogP contribution in [0.1, 0.15) is 32.3 Å². The minimum absolute atomic E-state index is 0.184. The molecule has 0 radical (unpaired) electrons. The molecular formula is C17H23BrN2O3. The fourth-order valence-electron chi connectivity index (χ4n) is 2.88. The first-order valence-corrected chi connectivity index (χ1v) is 8.61. The smallest absolute Gasteiger partial charge is 0.317 e. The number of likely N-dealkylation sites (tertiary alicyclic amines) is 1. The summed E-state index contributed by atoms with van der Waals surface area (Å²) in [6, 6.07) is 7.78. The van der Waals surface area contributed by atoms with Crippen LogP contribution < -0.4 is 5.32 Å². The van der Waals surface area contributed by atoms with Gasteiger partial charge in [-0.3, -0.25) is 4.79 Å². The monoisotopic (exact) mass is 382 g/mol. The molecule has 2 amide bonds. The summed E-state index contributed by atoms with van der Waals surface area (Å²) in [5.74, 6) is -1.28. The summed E-state index contributed by atoms with van der Waals surface area (Å²) in [5.41, 5.74) is 0.903. The Balaban J connectivity index is 1.96. The predicted molar refractivity (Wildman–Crippen MR) is 92.5 cm³/mol. The highest BCUT2D eigenvalue weighted by Crippen LogP contribution is 2.29. The van der Waals surface area contributed by atoms with Crippen molar-refractivity contribution in [2.75, 3.05) is 19.6 Å². The molecule has 0 saturated carbocycles. The van der Waals surface area contributed by atoms with E-state index in [9.17, 15) is 9.59 Å². The SMILES string of the molecule is CC(C)(CNC(=O)N1CCCC(C(=O)O)C1)c1ccccc1Br. The van der Waals surface area contributed by atoms with Crippen molar-refractivity contribution in [2.45, 2.75) is 32.1 Å². The van der Waals surface area contributed by atoms with E-state index in [0.29, 0.717) is 19.5 Å². The van der Waals surface area contributed by atoms with Gasteiger partial charge < -0.3 is 15.3 Å². The molecule has 23 heavy (non-hydrogen) atoms. The fraction of sp³-hybridized carbons (Fsp3) is 0.529. The van der Waals surface area contributed by atoms with Crippen molar-refractivity contribution in [1.82, 2.24) is 10.2 Å². The molecule has 2 rings (SSSR count). The first-order valence-electron chi connectivity index (χ1n) is 7.82. The highest BCUT2D eigenvalue weighted by Gasteiger charge is 2.29. The number of nitrogens with one attached hydrogen (secondary N) is 1. The molecule has 1 heterocycles. The Morgan fingerprint density at radius 3 is 2.74 bits per heavy atom. The zero-order chi connectivity index (χ0) is 17.0. The maximum atomic E-state index is 12.3. The van der Waals surface area contributed by atoms with Gasteiger partial charge in [-0.2, -0.15) is 0 Å². The largest absolute Gasteiger partial charge is 0.481 e. The van der Waals surface area contributed by atoms with Gasteiger partial charge in [0.05, 0.1) is 5.92 Å². The number of carbonyl (C=O) groups excluding carboxylic acids is 1. The van der Waals surface area contributed by atoms with E-state index >= 15 is 0 Å². The van der Waals surface area contributed by atoms with Gasteiger partial charge in [-0.05, 0) is 24.5 Å². The number of hydrogen-bond donors (Lipinski definition) is 2. The van der Waals surface area contributed by atoms with Crippen LogP contribution in [0.15, 0.2) is 28.7 Å². The van der Waals surface area contributed by atoms with E-state index in [1.54, 1.807) is 4.90 Å². The van der Waals surface area contributed by atoms with Gasteiger partial charge in [0.1, 0.15) is 0 Å². The van der Waals surface area contributed by atoms with E-state index in [1.165, 1.54) is 0 Å². The topological polar surface area (TPSA) is 69.6 Å². The summed E-state index contributed by atoms with van der Waals surface area (Å²) < 4.78 is 1.02. The highest BCUT2D eigenvalue weighted by molar-refractivity contribution is 9.10. The van der Waals surface area contributed by atoms with Gasteiger partial charge >= 0.3 is 12.0 Å². The van der Waals surface area contributed by atoms with Crippen molar-refractivity contribution in [3.8, 4) is 0 Å². The third-order valence-corrected chi connectivity index (χ3v) is 5.03. The summed E-state index contributed by atoms with van der Waals surface area (Å²) in [5, 5.41) is 12.1. The van der Waals surface area contributed by atoms with Gasteiger partial charge in [-0.15, -0.1) is 0 Å². The molecule has 1 saturated heterocycles. The normalized spacial score (nSPS) is 18.6. The molecule has 0 aromatic heterocycles. The highest BCUT2D eigenvalue weighted by atomic mass is 79.9. The summed E-state index contributed by atoms with van der Waals surface area (Å²) >= 11 is 3.55. The van der Waals surface area contributed by atoms with Crippen LogP contribution in [0.5, 0.6) is 0 Å². The second kappa shape index (κ2) is 7.34. The van der Waals surface area contributed by atoms with Gasteiger partial charge in [0.15, 0.2) is 0 Å². The molecule has 1 unspecified atom stereocenters. The lowest BCUT2D eigenvalue weighted by molar-refractivity contribution is -0.143. The molecule has 1 aliphatic rings. The maximum Gasteiger partial charge on any atom is 0.317 e. The summed E-state index contributed by atoms with van der Waals surface area (Å²) in [7, 11) is 0. The third-order valence-electron chi connectivity index (χ3n) is 4.34. The Morgan fingerprint density at radius 1 is 1.39 bits per heavy atom. The predicted octanol–water partition coefficient (Wildman–Crippen LogP) is 3.23. The van der Waals surface area contributed by atoms with Gasteiger partial charge in [0.2, 0.25) is 0 Å². The Morgan fingerprint density at radius 2 is 2.09 bits per heavy atom. The molecule has 6 heteroatoms. The van der Waals surface area contributed by atoms with Crippen LogP contribution in [0, 0.1) is 5.92 Å². The van der Waals surface area contributed by atoms with E-state index < -0.39 is 11.9 Å². The van der Waals surface area contributed by atoms with Crippen LogP contribution in [0.2, 0.25) is 0 Å². The fourth-order valence-corrected chi connectivity index (χ4v) is 3.70. The van der Waals surface area contributed by atoms with E-state index in [2.05, 4.69) is 35.1 Å². The van der Waals surface area contributed by atoms with Crippen molar-refractivity contribution in [3.63, 3.8) is 0 Å². The summed E-state index contributed by atoms with van der Waals surface area (Å²) in [6.45, 7) is 5.54. The van der Waals surface area contributed by atoms with Crippen molar-refractivity contribution in [2.24, 2.45) is 5.92 Å². The first kappa shape index (κ1) is 17.8.